The first kappa shape index (κ1) is 16.6. The van der Waals surface area contributed by atoms with Crippen molar-refractivity contribution >= 4 is 11.8 Å². The van der Waals surface area contributed by atoms with Gasteiger partial charge >= 0.3 is 6.09 Å². The first-order chi connectivity index (χ1) is 10.3. The molecule has 2 rings (SSSR count). The summed E-state index contributed by atoms with van der Waals surface area (Å²) < 4.78 is 18.4. The second-order valence-corrected chi connectivity index (χ2v) is 6.79. The highest BCUT2D eigenvalue weighted by molar-refractivity contribution is 5.68. The fourth-order valence-electron chi connectivity index (χ4n) is 2.65. The van der Waals surface area contributed by atoms with Crippen LogP contribution in [0.4, 0.5) is 14.9 Å². The number of anilines is 1. The van der Waals surface area contributed by atoms with Crippen LogP contribution in [0.5, 0.6) is 0 Å². The first-order valence-electron chi connectivity index (χ1n) is 7.72. The Kier molecular flexibility index (Phi) is 4.94. The Balaban J connectivity index is 1.89. The van der Waals surface area contributed by atoms with Crippen LogP contribution in [0.2, 0.25) is 0 Å². The summed E-state index contributed by atoms with van der Waals surface area (Å²) in [5, 5.41) is 0. The van der Waals surface area contributed by atoms with E-state index in [1.807, 2.05) is 27.8 Å². The van der Waals surface area contributed by atoms with Crippen LogP contribution < -0.4 is 4.90 Å². The number of rotatable bonds is 2. The van der Waals surface area contributed by atoms with E-state index in [1.165, 1.54) is 12.1 Å². The maximum absolute atomic E-state index is 13.0. The van der Waals surface area contributed by atoms with Crippen molar-refractivity contribution in [2.45, 2.75) is 45.3 Å². The van der Waals surface area contributed by atoms with Crippen molar-refractivity contribution in [2.75, 3.05) is 25.0 Å². The molecular formula is C17H25FN2O2. The Labute approximate surface area is 131 Å². The number of likely N-dealkylation sites (tertiary alicyclic amines) is 1. The van der Waals surface area contributed by atoms with E-state index in [-0.39, 0.29) is 11.9 Å². The second-order valence-electron chi connectivity index (χ2n) is 6.79. The number of nitrogens with zero attached hydrogens (tertiary/aromatic N) is 2. The van der Waals surface area contributed by atoms with Gasteiger partial charge in [0.1, 0.15) is 11.4 Å². The molecule has 122 valence electrons. The molecule has 5 heteroatoms. The van der Waals surface area contributed by atoms with Crippen molar-refractivity contribution in [3.8, 4) is 0 Å². The van der Waals surface area contributed by atoms with Crippen LogP contribution in [-0.4, -0.2) is 42.8 Å². The smallest absolute Gasteiger partial charge is 0.410 e. The van der Waals surface area contributed by atoms with E-state index in [0.29, 0.717) is 19.1 Å². The third kappa shape index (κ3) is 4.36. The second kappa shape index (κ2) is 6.55. The highest BCUT2D eigenvalue weighted by Gasteiger charge is 2.28. The SMILES string of the molecule is CN(c1ccc(F)cc1)C1CCN(C(=O)OC(C)(C)C)CC1. The molecule has 1 fully saturated rings. The van der Waals surface area contributed by atoms with E-state index >= 15 is 0 Å². The molecule has 0 spiro atoms. The summed E-state index contributed by atoms with van der Waals surface area (Å²) >= 11 is 0. The minimum absolute atomic E-state index is 0.225. The van der Waals surface area contributed by atoms with Gasteiger partial charge in [-0.25, -0.2) is 9.18 Å². The normalized spacial score (nSPS) is 16.5. The molecule has 22 heavy (non-hydrogen) atoms. The predicted octanol–water partition coefficient (Wildman–Crippen LogP) is 3.66. The van der Waals surface area contributed by atoms with E-state index < -0.39 is 5.60 Å². The van der Waals surface area contributed by atoms with Gasteiger partial charge in [0.2, 0.25) is 0 Å². The Morgan fingerprint density at radius 3 is 2.27 bits per heavy atom. The van der Waals surface area contributed by atoms with E-state index in [2.05, 4.69) is 4.90 Å². The molecule has 1 heterocycles. The number of hydrogen-bond acceptors (Lipinski definition) is 3. The summed E-state index contributed by atoms with van der Waals surface area (Å²) in [6.07, 6.45) is 1.52. The number of piperidine rings is 1. The Hall–Kier alpha value is -1.78. The van der Waals surface area contributed by atoms with Crippen LogP contribution in [0.3, 0.4) is 0 Å². The lowest BCUT2D eigenvalue weighted by Gasteiger charge is -2.38. The maximum atomic E-state index is 13.0. The van der Waals surface area contributed by atoms with Crippen LogP contribution in [0.1, 0.15) is 33.6 Å². The summed E-state index contributed by atoms with van der Waals surface area (Å²) in [7, 11) is 2.01. The van der Waals surface area contributed by atoms with Gasteiger partial charge in [0, 0.05) is 31.9 Å². The summed E-state index contributed by atoms with van der Waals surface area (Å²) in [4.78, 5) is 16.0. The molecule has 0 radical (unpaired) electrons. The molecule has 0 unspecified atom stereocenters. The monoisotopic (exact) mass is 308 g/mol. The highest BCUT2D eigenvalue weighted by atomic mass is 19.1. The lowest BCUT2D eigenvalue weighted by Crippen LogP contribution is -2.47. The third-order valence-electron chi connectivity index (χ3n) is 3.90. The minimum atomic E-state index is -0.459. The lowest BCUT2D eigenvalue weighted by molar-refractivity contribution is 0.0205. The average molecular weight is 308 g/mol. The molecule has 1 aromatic rings. The van der Waals surface area contributed by atoms with Crippen molar-refractivity contribution in [3.63, 3.8) is 0 Å². The number of halogens is 1. The van der Waals surface area contributed by atoms with Crippen LogP contribution in [0.25, 0.3) is 0 Å². The van der Waals surface area contributed by atoms with Gasteiger partial charge in [-0.3, -0.25) is 0 Å². The predicted molar refractivity (Wildman–Crippen MR) is 85.6 cm³/mol. The number of hydrogen-bond donors (Lipinski definition) is 0. The molecule has 0 aliphatic carbocycles. The van der Waals surface area contributed by atoms with Gasteiger partial charge in [0.15, 0.2) is 0 Å². The van der Waals surface area contributed by atoms with Crippen molar-refractivity contribution in [2.24, 2.45) is 0 Å². The summed E-state index contributed by atoms with van der Waals surface area (Å²) in [5.41, 5.74) is 0.538. The topological polar surface area (TPSA) is 32.8 Å². The maximum Gasteiger partial charge on any atom is 0.410 e. The first-order valence-corrected chi connectivity index (χ1v) is 7.72. The fraction of sp³-hybridized carbons (Fsp3) is 0.588. The number of carbonyl (C=O) groups excluding carboxylic acids is 1. The largest absolute Gasteiger partial charge is 0.444 e. The van der Waals surface area contributed by atoms with Gasteiger partial charge in [0.25, 0.3) is 0 Å². The van der Waals surface area contributed by atoms with Crippen LogP contribution >= 0.6 is 0 Å². The minimum Gasteiger partial charge on any atom is -0.444 e. The van der Waals surface area contributed by atoms with Gasteiger partial charge in [-0.2, -0.15) is 0 Å². The quantitative estimate of drug-likeness (QED) is 0.836. The molecule has 4 nitrogen and oxygen atoms in total. The number of benzene rings is 1. The zero-order valence-corrected chi connectivity index (χ0v) is 13.8. The Morgan fingerprint density at radius 2 is 1.77 bits per heavy atom. The summed E-state index contributed by atoms with van der Waals surface area (Å²) in [6.45, 7) is 7.00. The lowest BCUT2D eigenvalue weighted by atomic mass is 10.0. The fourth-order valence-corrected chi connectivity index (χ4v) is 2.65. The zero-order chi connectivity index (χ0) is 16.3. The van der Waals surface area contributed by atoms with Crippen molar-refractivity contribution in [1.29, 1.82) is 0 Å². The van der Waals surface area contributed by atoms with E-state index in [4.69, 9.17) is 4.74 Å². The van der Waals surface area contributed by atoms with Crippen LogP contribution in [-0.2, 0) is 4.74 Å². The number of amides is 1. The van der Waals surface area contributed by atoms with Gasteiger partial charge in [-0.05, 0) is 57.9 Å². The number of carbonyl (C=O) groups is 1. The Morgan fingerprint density at radius 1 is 1.23 bits per heavy atom. The molecule has 0 atom stereocenters. The van der Waals surface area contributed by atoms with E-state index in [1.54, 1.807) is 17.0 Å². The van der Waals surface area contributed by atoms with Crippen molar-refractivity contribution in [1.82, 2.24) is 4.90 Å². The molecule has 0 saturated carbocycles. The van der Waals surface area contributed by atoms with Crippen LogP contribution in [0.15, 0.2) is 24.3 Å². The molecule has 0 bridgehead atoms. The summed E-state index contributed by atoms with van der Waals surface area (Å²) in [5.74, 6) is -0.225. The molecule has 1 aromatic carbocycles. The standard InChI is InChI=1S/C17H25FN2O2/c1-17(2,3)22-16(21)20-11-9-15(10-12-20)19(4)14-7-5-13(18)6-8-14/h5-8,15H,9-12H2,1-4H3. The highest BCUT2D eigenvalue weighted by Crippen LogP contribution is 2.23. The molecule has 0 aromatic heterocycles. The van der Waals surface area contributed by atoms with Crippen molar-refractivity contribution < 1.29 is 13.9 Å². The van der Waals surface area contributed by atoms with Gasteiger partial charge in [0.05, 0.1) is 0 Å². The molecule has 1 aliphatic rings. The van der Waals surface area contributed by atoms with Gasteiger partial charge < -0.3 is 14.5 Å². The molecule has 0 N–H and O–H groups in total. The zero-order valence-electron chi connectivity index (χ0n) is 13.8. The molecule has 1 saturated heterocycles. The average Bonchev–Trinajstić information content (AvgIpc) is 2.46. The van der Waals surface area contributed by atoms with E-state index in [0.717, 1.165) is 18.5 Å². The third-order valence-corrected chi connectivity index (χ3v) is 3.90. The molecular weight excluding hydrogens is 283 g/mol. The number of ether oxygens (including phenoxy) is 1. The molecule has 1 amide bonds. The Bertz CT molecular complexity index is 502. The molecule has 1 aliphatic heterocycles. The van der Waals surface area contributed by atoms with Crippen molar-refractivity contribution in [3.05, 3.63) is 30.1 Å². The van der Waals surface area contributed by atoms with Crippen LogP contribution in [0, 0.1) is 5.82 Å². The van der Waals surface area contributed by atoms with E-state index in [9.17, 15) is 9.18 Å². The van der Waals surface area contributed by atoms with Gasteiger partial charge in [-0.1, -0.05) is 0 Å². The summed E-state index contributed by atoms with van der Waals surface area (Å²) in [6, 6.07) is 6.87. The van der Waals surface area contributed by atoms with Gasteiger partial charge in [-0.15, -0.1) is 0 Å².